The molecular formula is C8H11N3O2. The van der Waals surface area contributed by atoms with E-state index < -0.39 is 0 Å². The van der Waals surface area contributed by atoms with E-state index in [1.165, 1.54) is 0 Å². The second-order valence-electron chi connectivity index (χ2n) is 3.06. The van der Waals surface area contributed by atoms with Crippen molar-refractivity contribution in [1.82, 2.24) is 15.5 Å². The smallest absolute Gasteiger partial charge is 0.228 e. The lowest BCUT2D eigenvalue weighted by Gasteiger charge is -2.24. The van der Waals surface area contributed by atoms with Crippen molar-refractivity contribution in [2.75, 3.05) is 13.2 Å². The molecule has 0 atom stereocenters. The van der Waals surface area contributed by atoms with Crippen LogP contribution in [0.2, 0.25) is 0 Å². The maximum Gasteiger partial charge on any atom is 0.228 e. The van der Waals surface area contributed by atoms with Gasteiger partial charge in [-0.15, -0.1) is 0 Å². The van der Waals surface area contributed by atoms with Gasteiger partial charge in [0.05, 0.1) is 25.3 Å². The van der Waals surface area contributed by atoms with Crippen molar-refractivity contribution in [1.29, 1.82) is 0 Å². The van der Waals surface area contributed by atoms with E-state index in [2.05, 4.69) is 15.5 Å². The third-order valence-electron chi connectivity index (χ3n) is 2.03. The van der Waals surface area contributed by atoms with Crippen molar-refractivity contribution in [2.45, 2.75) is 6.54 Å². The summed E-state index contributed by atoms with van der Waals surface area (Å²) in [5, 5.41) is 9.27. The van der Waals surface area contributed by atoms with Gasteiger partial charge in [-0.05, 0) is 0 Å². The zero-order chi connectivity index (χ0) is 9.10. The molecule has 1 aromatic rings. The van der Waals surface area contributed by atoms with Gasteiger partial charge in [0.2, 0.25) is 5.91 Å². The molecule has 0 spiro atoms. The predicted octanol–water partition coefficient (Wildman–Crippen LogP) is -0.328. The molecular weight excluding hydrogens is 170 g/mol. The summed E-state index contributed by atoms with van der Waals surface area (Å²) in [5.74, 6) is 0.111. The molecule has 1 aromatic heterocycles. The van der Waals surface area contributed by atoms with Crippen LogP contribution in [-0.2, 0) is 16.1 Å². The second kappa shape index (κ2) is 3.57. The number of carbonyl (C=O) groups excluding carboxylic acids is 1. The Hall–Kier alpha value is -1.36. The number of aromatic amines is 1. The Balaban J connectivity index is 1.76. The molecule has 5 heteroatoms. The van der Waals surface area contributed by atoms with E-state index in [4.69, 9.17) is 4.74 Å². The lowest BCUT2D eigenvalue weighted by molar-refractivity contribution is -0.139. The second-order valence-corrected chi connectivity index (χ2v) is 3.06. The van der Waals surface area contributed by atoms with Gasteiger partial charge in [0.15, 0.2) is 0 Å². The molecule has 2 N–H and O–H groups in total. The van der Waals surface area contributed by atoms with Gasteiger partial charge in [-0.3, -0.25) is 9.89 Å². The molecule has 2 rings (SSSR count). The molecule has 1 amide bonds. The standard InChI is InChI=1S/C8H11N3O2/c12-8(7-4-13-5-7)9-1-6-2-10-11-3-6/h2-3,7H,1,4-5H2,(H,9,12)(H,10,11). The Morgan fingerprint density at radius 3 is 3.15 bits per heavy atom. The summed E-state index contributed by atoms with van der Waals surface area (Å²) in [6, 6.07) is 0. The molecule has 2 heterocycles. The molecule has 13 heavy (non-hydrogen) atoms. The van der Waals surface area contributed by atoms with Crippen molar-refractivity contribution in [3.63, 3.8) is 0 Å². The van der Waals surface area contributed by atoms with E-state index >= 15 is 0 Å². The predicted molar refractivity (Wildman–Crippen MR) is 44.7 cm³/mol. The van der Waals surface area contributed by atoms with E-state index in [-0.39, 0.29) is 11.8 Å². The molecule has 0 aromatic carbocycles. The minimum atomic E-state index is 0.0481. The summed E-state index contributed by atoms with van der Waals surface area (Å²) in [5.41, 5.74) is 0.980. The van der Waals surface area contributed by atoms with E-state index in [9.17, 15) is 4.79 Å². The van der Waals surface area contributed by atoms with Gasteiger partial charge in [-0.1, -0.05) is 0 Å². The summed E-state index contributed by atoms with van der Waals surface area (Å²) >= 11 is 0. The van der Waals surface area contributed by atoms with Crippen LogP contribution < -0.4 is 5.32 Å². The highest BCUT2D eigenvalue weighted by Crippen LogP contribution is 2.09. The maximum absolute atomic E-state index is 11.3. The van der Waals surface area contributed by atoms with Crippen LogP contribution in [0, 0.1) is 5.92 Å². The molecule has 0 saturated carbocycles. The number of rotatable bonds is 3. The van der Waals surface area contributed by atoms with Gasteiger partial charge < -0.3 is 10.1 Å². The van der Waals surface area contributed by atoms with Gasteiger partial charge in [-0.2, -0.15) is 5.10 Å². The van der Waals surface area contributed by atoms with Crippen LogP contribution in [0.15, 0.2) is 12.4 Å². The van der Waals surface area contributed by atoms with Crippen molar-refractivity contribution in [2.24, 2.45) is 5.92 Å². The zero-order valence-electron chi connectivity index (χ0n) is 7.12. The fourth-order valence-corrected chi connectivity index (χ4v) is 1.09. The summed E-state index contributed by atoms with van der Waals surface area (Å²) in [4.78, 5) is 11.3. The van der Waals surface area contributed by atoms with Crippen LogP contribution in [0.5, 0.6) is 0 Å². The average molecular weight is 181 g/mol. The topological polar surface area (TPSA) is 67.0 Å². The molecule has 70 valence electrons. The molecule has 0 radical (unpaired) electrons. The van der Waals surface area contributed by atoms with E-state index in [0.29, 0.717) is 19.8 Å². The number of aromatic nitrogens is 2. The van der Waals surface area contributed by atoms with Crippen LogP contribution in [0.1, 0.15) is 5.56 Å². The first-order chi connectivity index (χ1) is 6.36. The Labute approximate surface area is 75.5 Å². The van der Waals surface area contributed by atoms with Gasteiger partial charge in [0, 0.05) is 18.3 Å². The Bertz CT molecular complexity index is 280. The third kappa shape index (κ3) is 1.86. The van der Waals surface area contributed by atoms with Crippen LogP contribution in [-0.4, -0.2) is 29.3 Å². The SMILES string of the molecule is O=C(NCc1cn[nH]c1)C1COC1. The number of carbonyl (C=O) groups is 1. The quantitative estimate of drug-likeness (QED) is 0.671. The number of ether oxygens (including phenoxy) is 1. The number of H-pyrrole nitrogens is 1. The number of hydrogen-bond acceptors (Lipinski definition) is 3. The van der Waals surface area contributed by atoms with Crippen LogP contribution in [0.3, 0.4) is 0 Å². The maximum atomic E-state index is 11.3. The number of hydrogen-bond donors (Lipinski definition) is 2. The summed E-state index contributed by atoms with van der Waals surface area (Å²) in [6.07, 6.45) is 3.45. The molecule has 0 bridgehead atoms. The molecule has 1 saturated heterocycles. The van der Waals surface area contributed by atoms with Crippen molar-refractivity contribution >= 4 is 5.91 Å². The molecule has 0 aliphatic carbocycles. The summed E-state index contributed by atoms with van der Waals surface area (Å²) < 4.78 is 4.91. The lowest BCUT2D eigenvalue weighted by atomic mass is 10.1. The fraction of sp³-hybridized carbons (Fsp3) is 0.500. The highest BCUT2D eigenvalue weighted by Gasteiger charge is 2.25. The molecule has 1 aliphatic rings. The van der Waals surface area contributed by atoms with Crippen LogP contribution in [0.4, 0.5) is 0 Å². The molecule has 1 aliphatic heterocycles. The van der Waals surface area contributed by atoms with Crippen molar-refractivity contribution in [3.05, 3.63) is 18.0 Å². The van der Waals surface area contributed by atoms with Crippen LogP contribution >= 0.6 is 0 Å². The zero-order valence-corrected chi connectivity index (χ0v) is 7.12. The highest BCUT2D eigenvalue weighted by atomic mass is 16.5. The van der Waals surface area contributed by atoms with E-state index in [1.54, 1.807) is 12.4 Å². The lowest BCUT2D eigenvalue weighted by Crippen LogP contribution is -2.41. The van der Waals surface area contributed by atoms with Gasteiger partial charge in [-0.25, -0.2) is 0 Å². The van der Waals surface area contributed by atoms with Gasteiger partial charge >= 0.3 is 0 Å². The summed E-state index contributed by atoms with van der Waals surface area (Å²) in [7, 11) is 0. The minimum absolute atomic E-state index is 0.0481. The highest BCUT2D eigenvalue weighted by molar-refractivity contribution is 5.79. The van der Waals surface area contributed by atoms with Crippen LogP contribution in [0.25, 0.3) is 0 Å². The number of nitrogens with zero attached hydrogens (tertiary/aromatic N) is 1. The molecule has 1 fully saturated rings. The van der Waals surface area contributed by atoms with Gasteiger partial charge in [0.25, 0.3) is 0 Å². The first-order valence-corrected chi connectivity index (χ1v) is 4.19. The van der Waals surface area contributed by atoms with Crippen molar-refractivity contribution in [3.8, 4) is 0 Å². The minimum Gasteiger partial charge on any atom is -0.380 e. The first-order valence-electron chi connectivity index (χ1n) is 4.19. The number of amides is 1. The third-order valence-corrected chi connectivity index (χ3v) is 2.03. The number of nitrogens with one attached hydrogen (secondary N) is 2. The van der Waals surface area contributed by atoms with Gasteiger partial charge in [0.1, 0.15) is 0 Å². The normalized spacial score (nSPS) is 16.6. The Morgan fingerprint density at radius 2 is 2.62 bits per heavy atom. The fourth-order valence-electron chi connectivity index (χ4n) is 1.09. The Morgan fingerprint density at radius 1 is 1.77 bits per heavy atom. The molecule has 0 unspecified atom stereocenters. The van der Waals surface area contributed by atoms with E-state index in [0.717, 1.165) is 5.56 Å². The van der Waals surface area contributed by atoms with Crippen molar-refractivity contribution < 1.29 is 9.53 Å². The average Bonchev–Trinajstić information content (AvgIpc) is 2.49. The largest absolute Gasteiger partial charge is 0.380 e. The van der Waals surface area contributed by atoms with E-state index in [1.807, 2.05) is 0 Å². The summed E-state index contributed by atoms with van der Waals surface area (Å²) in [6.45, 7) is 1.64. The monoisotopic (exact) mass is 181 g/mol. The molecule has 5 nitrogen and oxygen atoms in total. The Kier molecular flexibility index (Phi) is 2.27. The first kappa shape index (κ1) is 8.25.